The third-order valence-corrected chi connectivity index (χ3v) is 6.80. The topological polar surface area (TPSA) is 127 Å². The largest absolute Gasteiger partial charge is 0.499 e. The predicted molar refractivity (Wildman–Crippen MR) is 152 cm³/mol. The Hall–Kier alpha value is -3.80. The summed E-state index contributed by atoms with van der Waals surface area (Å²) in [5.41, 5.74) is -0.118. The van der Waals surface area contributed by atoms with Crippen molar-refractivity contribution in [3.63, 3.8) is 0 Å². The molecule has 13 heteroatoms. The summed E-state index contributed by atoms with van der Waals surface area (Å²) >= 11 is 12.9. The van der Waals surface area contributed by atoms with Crippen LogP contribution in [-0.2, 0) is 20.9 Å². The Balaban J connectivity index is 1.86. The summed E-state index contributed by atoms with van der Waals surface area (Å²) in [5.74, 6) is 1.18. The quantitative estimate of drug-likeness (QED) is 0.351. The molecule has 2 unspecified atom stereocenters. The van der Waals surface area contributed by atoms with Gasteiger partial charge in [0.05, 0.1) is 37.1 Å². The number of hydrogen-bond acceptors (Lipinski definition) is 8. The van der Waals surface area contributed by atoms with Crippen molar-refractivity contribution in [1.29, 1.82) is 0 Å². The number of aromatic nitrogens is 2. The smallest absolute Gasteiger partial charge is 0.327 e. The molecule has 0 saturated carbocycles. The van der Waals surface area contributed by atoms with Crippen LogP contribution in [0, 0.1) is 0 Å². The number of allylic oxidation sites excluding steroid dienone is 2. The minimum absolute atomic E-state index is 0.138. The van der Waals surface area contributed by atoms with Crippen LogP contribution in [0.3, 0.4) is 0 Å². The lowest BCUT2D eigenvalue weighted by molar-refractivity contribution is -0.117. The SMILES string of the molecule is C=CC(=O)NC1(C)C=CC=C(OC)C1Nc1cc(N(C)C(=O)Nc2c(Cl)c(COC)cc(OC)c2Cl)ncn1. The van der Waals surface area contributed by atoms with E-state index in [0.717, 1.165) is 0 Å². The molecule has 3 N–H and O–H groups in total. The number of methoxy groups -OCH3 is 3. The normalized spacial score (nSPS) is 18.0. The first kappa shape index (κ1) is 29.8. The van der Waals surface area contributed by atoms with Crippen molar-refractivity contribution in [1.82, 2.24) is 15.3 Å². The summed E-state index contributed by atoms with van der Waals surface area (Å²) in [7, 11) is 6.04. The Morgan fingerprint density at radius 2 is 1.92 bits per heavy atom. The molecular formula is C26H30Cl2N6O5. The molecular weight excluding hydrogens is 547 g/mol. The molecule has 0 aliphatic heterocycles. The lowest BCUT2D eigenvalue weighted by atomic mass is 9.86. The molecule has 11 nitrogen and oxygen atoms in total. The molecule has 2 atom stereocenters. The summed E-state index contributed by atoms with van der Waals surface area (Å²) in [6.45, 7) is 5.54. The molecule has 1 aromatic carbocycles. The van der Waals surface area contributed by atoms with Crippen molar-refractivity contribution < 1.29 is 23.8 Å². The molecule has 39 heavy (non-hydrogen) atoms. The van der Waals surface area contributed by atoms with Gasteiger partial charge in [0, 0.05) is 25.8 Å². The zero-order chi connectivity index (χ0) is 28.7. The first-order chi connectivity index (χ1) is 18.6. The maximum atomic E-state index is 13.2. The highest BCUT2D eigenvalue weighted by Crippen LogP contribution is 2.41. The van der Waals surface area contributed by atoms with Crippen LogP contribution in [0.2, 0.25) is 10.0 Å². The second-order valence-corrected chi connectivity index (χ2v) is 9.37. The van der Waals surface area contributed by atoms with Crippen LogP contribution in [0.25, 0.3) is 0 Å². The van der Waals surface area contributed by atoms with Gasteiger partial charge in [-0.2, -0.15) is 0 Å². The van der Waals surface area contributed by atoms with Gasteiger partial charge in [-0.05, 0) is 25.1 Å². The number of carbonyl (C=O) groups excluding carboxylic acids is 2. The van der Waals surface area contributed by atoms with Crippen LogP contribution in [-0.4, -0.2) is 61.9 Å². The first-order valence-electron chi connectivity index (χ1n) is 11.6. The van der Waals surface area contributed by atoms with E-state index < -0.39 is 17.6 Å². The fraction of sp³-hybridized carbons (Fsp3) is 0.308. The number of benzene rings is 1. The number of nitrogens with zero attached hydrogens (tertiary/aromatic N) is 3. The summed E-state index contributed by atoms with van der Waals surface area (Å²) in [5, 5.41) is 9.25. The third-order valence-electron chi connectivity index (χ3n) is 5.99. The number of ether oxygens (including phenoxy) is 3. The monoisotopic (exact) mass is 576 g/mol. The van der Waals surface area contributed by atoms with Gasteiger partial charge in [0.1, 0.15) is 40.5 Å². The van der Waals surface area contributed by atoms with E-state index in [1.807, 2.05) is 13.0 Å². The van der Waals surface area contributed by atoms with E-state index in [9.17, 15) is 9.59 Å². The minimum atomic E-state index is -0.875. The average molecular weight is 577 g/mol. The second-order valence-electron chi connectivity index (χ2n) is 8.61. The van der Waals surface area contributed by atoms with Crippen LogP contribution in [0.1, 0.15) is 12.5 Å². The summed E-state index contributed by atoms with van der Waals surface area (Å²) in [6.07, 6.45) is 7.89. The van der Waals surface area contributed by atoms with Crippen LogP contribution in [0.15, 0.2) is 55.1 Å². The number of amides is 3. The molecule has 1 aliphatic carbocycles. The van der Waals surface area contributed by atoms with Gasteiger partial charge in [-0.3, -0.25) is 9.69 Å². The van der Waals surface area contributed by atoms with Gasteiger partial charge in [-0.1, -0.05) is 41.9 Å². The Labute approximate surface area is 236 Å². The Morgan fingerprint density at radius 1 is 1.18 bits per heavy atom. The maximum absolute atomic E-state index is 13.2. The van der Waals surface area contributed by atoms with Crippen molar-refractivity contribution in [2.24, 2.45) is 0 Å². The fourth-order valence-electron chi connectivity index (χ4n) is 3.90. The molecule has 0 radical (unpaired) electrons. The highest BCUT2D eigenvalue weighted by molar-refractivity contribution is 6.41. The summed E-state index contributed by atoms with van der Waals surface area (Å²) < 4.78 is 16.0. The maximum Gasteiger partial charge on any atom is 0.327 e. The standard InChI is InChI=1S/C26H30Cl2N6O5/c1-7-20(35)33-26(2)10-8-9-16(38-5)24(26)31-18-12-19(30-14-29-18)34(3)25(36)32-23-21(27)15(13-37-4)11-17(39-6)22(23)28/h7-12,14,24H,1,13H2,2-6H3,(H,32,36)(H,33,35)(H,29,30,31). The number of hydrogen-bond donors (Lipinski definition) is 3. The molecule has 2 aromatic rings. The van der Waals surface area contributed by atoms with Gasteiger partial charge in [-0.15, -0.1) is 0 Å². The van der Waals surface area contributed by atoms with Gasteiger partial charge in [0.25, 0.3) is 0 Å². The van der Waals surface area contributed by atoms with Gasteiger partial charge in [0.2, 0.25) is 5.91 Å². The molecule has 1 heterocycles. The lowest BCUT2D eigenvalue weighted by Gasteiger charge is -2.39. The van der Waals surface area contributed by atoms with Gasteiger partial charge in [0.15, 0.2) is 0 Å². The van der Waals surface area contributed by atoms with E-state index in [1.54, 1.807) is 24.3 Å². The Morgan fingerprint density at radius 3 is 2.56 bits per heavy atom. The zero-order valence-electron chi connectivity index (χ0n) is 22.2. The summed E-state index contributed by atoms with van der Waals surface area (Å²) in [6, 6.07) is 2.12. The van der Waals surface area contributed by atoms with Crippen LogP contribution in [0.4, 0.5) is 22.1 Å². The van der Waals surface area contributed by atoms with Crippen LogP contribution < -0.4 is 25.6 Å². The van der Waals surface area contributed by atoms with E-state index >= 15 is 0 Å². The number of rotatable bonds is 10. The number of nitrogens with one attached hydrogen (secondary N) is 3. The van der Waals surface area contributed by atoms with E-state index in [2.05, 4.69) is 32.5 Å². The molecule has 0 bridgehead atoms. The minimum Gasteiger partial charge on any atom is -0.499 e. The highest BCUT2D eigenvalue weighted by Gasteiger charge is 2.38. The predicted octanol–water partition coefficient (Wildman–Crippen LogP) is 4.55. The highest BCUT2D eigenvalue weighted by atomic mass is 35.5. The fourth-order valence-corrected chi connectivity index (χ4v) is 4.48. The molecule has 1 aliphatic rings. The Kier molecular flexibility index (Phi) is 9.79. The Bertz CT molecular complexity index is 1320. The van der Waals surface area contributed by atoms with Gasteiger partial charge >= 0.3 is 6.03 Å². The van der Waals surface area contributed by atoms with Crippen molar-refractivity contribution in [3.05, 3.63) is 70.7 Å². The van der Waals surface area contributed by atoms with Crippen LogP contribution >= 0.6 is 23.2 Å². The zero-order valence-corrected chi connectivity index (χ0v) is 23.7. The molecule has 0 fully saturated rings. The number of carbonyl (C=O) groups is 2. The molecule has 0 spiro atoms. The van der Waals surface area contributed by atoms with Crippen molar-refractivity contribution in [2.45, 2.75) is 25.1 Å². The van der Waals surface area contributed by atoms with Crippen molar-refractivity contribution >= 4 is 52.5 Å². The van der Waals surface area contributed by atoms with Crippen LogP contribution in [0.5, 0.6) is 5.75 Å². The van der Waals surface area contributed by atoms with Gasteiger partial charge in [-0.25, -0.2) is 14.8 Å². The van der Waals surface area contributed by atoms with E-state index in [0.29, 0.717) is 22.9 Å². The average Bonchev–Trinajstić information content (AvgIpc) is 2.93. The molecule has 208 valence electrons. The van der Waals surface area contributed by atoms with E-state index in [1.165, 1.54) is 45.7 Å². The van der Waals surface area contributed by atoms with E-state index in [-0.39, 0.29) is 34.1 Å². The van der Waals surface area contributed by atoms with Gasteiger partial charge < -0.3 is 30.2 Å². The summed E-state index contributed by atoms with van der Waals surface area (Å²) in [4.78, 5) is 35.1. The third kappa shape index (κ3) is 6.62. The first-order valence-corrected chi connectivity index (χ1v) is 12.4. The number of urea groups is 1. The van der Waals surface area contributed by atoms with Crippen molar-refractivity contribution in [2.75, 3.05) is 43.9 Å². The lowest BCUT2D eigenvalue weighted by Crippen LogP contribution is -2.57. The molecule has 1 aromatic heterocycles. The molecule has 3 amide bonds. The number of anilines is 3. The molecule has 3 rings (SSSR count). The second kappa shape index (κ2) is 12.8. The molecule has 0 saturated heterocycles. The van der Waals surface area contributed by atoms with E-state index in [4.69, 9.17) is 37.4 Å². The van der Waals surface area contributed by atoms with Crippen molar-refractivity contribution in [3.8, 4) is 5.75 Å². The number of halogens is 2.